The van der Waals surface area contributed by atoms with E-state index in [0.717, 1.165) is 21.8 Å². The van der Waals surface area contributed by atoms with Crippen LogP contribution >= 0.6 is 27.3 Å². The number of rotatable bonds is 4. The highest BCUT2D eigenvalue weighted by molar-refractivity contribution is 9.11. The normalized spacial score (nSPS) is 19.9. The third-order valence-electron chi connectivity index (χ3n) is 4.13. The average Bonchev–Trinajstić information content (AvgIpc) is 2.79. The number of likely N-dealkylation sites (tertiary alicyclic amines) is 1. The number of thiophene rings is 1. The van der Waals surface area contributed by atoms with Gasteiger partial charge in [-0.25, -0.2) is 0 Å². The molecule has 2 rings (SSSR count). The van der Waals surface area contributed by atoms with Crippen LogP contribution in [0.25, 0.3) is 0 Å². The standard InChI is InChI=1S/C14H20BrNOS/c1-3-14(2)6-8-16(9-7-14)10-11(17)12-4-5-13(15)18-12/h4-5H,3,6-10H2,1-2H3. The Kier molecular flexibility index (Phi) is 4.62. The van der Waals surface area contributed by atoms with E-state index in [1.165, 1.54) is 30.6 Å². The second-order valence-corrected chi connectivity index (χ2v) is 7.93. The van der Waals surface area contributed by atoms with Crippen LogP contribution in [0.5, 0.6) is 0 Å². The Labute approximate surface area is 122 Å². The fourth-order valence-electron chi connectivity index (χ4n) is 2.35. The molecule has 4 heteroatoms. The van der Waals surface area contributed by atoms with Crippen molar-refractivity contribution < 1.29 is 4.79 Å². The first kappa shape index (κ1) is 14.2. The van der Waals surface area contributed by atoms with Crippen molar-refractivity contribution in [3.05, 3.63) is 20.8 Å². The molecule has 0 amide bonds. The second-order valence-electron chi connectivity index (χ2n) is 5.47. The summed E-state index contributed by atoms with van der Waals surface area (Å²) in [6.07, 6.45) is 3.67. The van der Waals surface area contributed by atoms with Crippen LogP contribution < -0.4 is 0 Å². The smallest absolute Gasteiger partial charge is 0.186 e. The number of Topliss-reactive ketones (excluding diaryl/α,β-unsaturated/α-hetero) is 1. The number of ketones is 1. The van der Waals surface area contributed by atoms with Gasteiger partial charge in [-0.3, -0.25) is 9.69 Å². The quantitative estimate of drug-likeness (QED) is 0.771. The Hall–Kier alpha value is -0.190. The fourth-order valence-corrected chi connectivity index (χ4v) is 3.67. The summed E-state index contributed by atoms with van der Waals surface area (Å²) in [5.41, 5.74) is 0.492. The van der Waals surface area contributed by atoms with Gasteiger partial charge in [-0.05, 0) is 59.4 Å². The zero-order chi connectivity index (χ0) is 13.2. The summed E-state index contributed by atoms with van der Waals surface area (Å²) < 4.78 is 1.03. The van der Waals surface area contributed by atoms with E-state index in [1.807, 2.05) is 12.1 Å². The van der Waals surface area contributed by atoms with Crippen molar-refractivity contribution in [2.24, 2.45) is 5.41 Å². The fraction of sp³-hybridized carbons (Fsp3) is 0.643. The van der Waals surface area contributed by atoms with Crippen LogP contribution in [0.2, 0.25) is 0 Å². The van der Waals surface area contributed by atoms with Crippen LogP contribution in [-0.2, 0) is 0 Å². The Bertz CT molecular complexity index is 421. The molecule has 1 aliphatic rings. The van der Waals surface area contributed by atoms with Crippen LogP contribution in [0.3, 0.4) is 0 Å². The number of piperidine rings is 1. The molecule has 0 unspecified atom stereocenters. The van der Waals surface area contributed by atoms with E-state index in [1.54, 1.807) is 0 Å². The molecule has 1 fully saturated rings. The Morgan fingerprint density at radius 3 is 2.61 bits per heavy atom. The molecule has 100 valence electrons. The number of hydrogen-bond donors (Lipinski definition) is 0. The van der Waals surface area contributed by atoms with Crippen LogP contribution in [0.1, 0.15) is 42.8 Å². The van der Waals surface area contributed by atoms with E-state index in [0.29, 0.717) is 12.0 Å². The highest BCUT2D eigenvalue weighted by atomic mass is 79.9. The van der Waals surface area contributed by atoms with Gasteiger partial charge < -0.3 is 0 Å². The van der Waals surface area contributed by atoms with Gasteiger partial charge in [-0.2, -0.15) is 0 Å². The molecule has 1 saturated heterocycles. The largest absolute Gasteiger partial charge is 0.296 e. The molecular formula is C14H20BrNOS. The molecule has 0 spiro atoms. The van der Waals surface area contributed by atoms with E-state index in [4.69, 9.17) is 0 Å². The Morgan fingerprint density at radius 1 is 1.44 bits per heavy atom. The number of carbonyl (C=O) groups excluding carboxylic acids is 1. The third-order valence-corrected chi connectivity index (χ3v) is 5.80. The van der Waals surface area contributed by atoms with Crippen LogP contribution in [0.4, 0.5) is 0 Å². The predicted octanol–water partition coefficient (Wildman–Crippen LogP) is 4.21. The highest BCUT2D eigenvalue weighted by Crippen LogP contribution is 2.34. The number of halogens is 1. The van der Waals surface area contributed by atoms with Gasteiger partial charge in [0.05, 0.1) is 15.2 Å². The molecule has 0 radical (unpaired) electrons. The third kappa shape index (κ3) is 3.43. The first-order chi connectivity index (χ1) is 8.52. The monoisotopic (exact) mass is 329 g/mol. The van der Waals surface area contributed by atoms with Gasteiger partial charge in [0, 0.05) is 0 Å². The maximum atomic E-state index is 12.1. The number of carbonyl (C=O) groups is 1. The zero-order valence-electron chi connectivity index (χ0n) is 11.0. The van der Waals surface area contributed by atoms with Gasteiger partial charge in [0.1, 0.15) is 0 Å². The highest BCUT2D eigenvalue weighted by Gasteiger charge is 2.29. The molecule has 0 aromatic carbocycles. The zero-order valence-corrected chi connectivity index (χ0v) is 13.4. The summed E-state index contributed by atoms with van der Waals surface area (Å²) in [7, 11) is 0. The summed E-state index contributed by atoms with van der Waals surface area (Å²) in [5.74, 6) is 0.255. The summed E-state index contributed by atoms with van der Waals surface area (Å²) in [6, 6.07) is 3.86. The molecule has 0 aliphatic carbocycles. The maximum Gasteiger partial charge on any atom is 0.186 e. The van der Waals surface area contributed by atoms with Crippen molar-refractivity contribution in [2.45, 2.75) is 33.1 Å². The van der Waals surface area contributed by atoms with Crippen LogP contribution in [0.15, 0.2) is 15.9 Å². The molecular weight excluding hydrogens is 310 g/mol. The Morgan fingerprint density at radius 2 is 2.11 bits per heavy atom. The van der Waals surface area contributed by atoms with Gasteiger partial charge in [0.15, 0.2) is 5.78 Å². The summed E-state index contributed by atoms with van der Waals surface area (Å²) in [5, 5.41) is 0. The topological polar surface area (TPSA) is 20.3 Å². The predicted molar refractivity (Wildman–Crippen MR) is 80.4 cm³/mol. The van der Waals surface area contributed by atoms with Crippen molar-refractivity contribution in [1.29, 1.82) is 0 Å². The van der Waals surface area contributed by atoms with Gasteiger partial charge in [0.2, 0.25) is 0 Å². The van der Waals surface area contributed by atoms with Crippen LogP contribution in [-0.4, -0.2) is 30.3 Å². The van der Waals surface area contributed by atoms with E-state index < -0.39 is 0 Å². The minimum Gasteiger partial charge on any atom is -0.296 e. The first-order valence-electron chi connectivity index (χ1n) is 6.53. The SMILES string of the molecule is CCC1(C)CCN(CC(=O)c2ccc(Br)s2)CC1. The lowest BCUT2D eigenvalue weighted by Crippen LogP contribution is -2.40. The van der Waals surface area contributed by atoms with Crippen molar-refractivity contribution in [1.82, 2.24) is 4.90 Å². The van der Waals surface area contributed by atoms with E-state index >= 15 is 0 Å². The van der Waals surface area contributed by atoms with E-state index in [9.17, 15) is 4.79 Å². The second kappa shape index (κ2) is 5.85. The maximum absolute atomic E-state index is 12.1. The van der Waals surface area contributed by atoms with Crippen molar-refractivity contribution >= 4 is 33.0 Å². The van der Waals surface area contributed by atoms with Gasteiger partial charge in [-0.1, -0.05) is 20.3 Å². The van der Waals surface area contributed by atoms with Crippen molar-refractivity contribution in [2.75, 3.05) is 19.6 Å². The summed E-state index contributed by atoms with van der Waals surface area (Å²) >= 11 is 4.93. The Balaban J connectivity index is 1.87. The lowest BCUT2D eigenvalue weighted by molar-refractivity contribution is 0.0816. The lowest BCUT2D eigenvalue weighted by Gasteiger charge is -2.38. The van der Waals surface area contributed by atoms with Gasteiger partial charge in [-0.15, -0.1) is 11.3 Å². The van der Waals surface area contributed by atoms with Gasteiger partial charge in [0.25, 0.3) is 0 Å². The number of nitrogens with zero attached hydrogens (tertiary/aromatic N) is 1. The molecule has 0 saturated carbocycles. The molecule has 18 heavy (non-hydrogen) atoms. The van der Waals surface area contributed by atoms with E-state index in [-0.39, 0.29) is 5.78 Å². The molecule has 0 atom stereocenters. The molecule has 0 bridgehead atoms. The average molecular weight is 330 g/mol. The number of hydrogen-bond acceptors (Lipinski definition) is 3. The first-order valence-corrected chi connectivity index (χ1v) is 8.14. The molecule has 1 aromatic rings. The minimum atomic E-state index is 0.255. The summed E-state index contributed by atoms with van der Waals surface area (Å²) in [6.45, 7) is 7.32. The van der Waals surface area contributed by atoms with Crippen LogP contribution in [0, 0.1) is 5.41 Å². The molecule has 1 aliphatic heterocycles. The molecule has 2 heterocycles. The molecule has 1 aromatic heterocycles. The lowest BCUT2D eigenvalue weighted by atomic mass is 9.78. The molecule has 2 nitrogen and oxygen atoms in total. The van der Waals surface area contributed by atoms with Gasteiger partial charge >= 0.3 is 0 Å². The van der Waals surface area contributed by atoms with Crippen molar-refractivity contribution in [3.8, 4) is 0 Å². The minimum absolute atomic E-state index is 0.255. The van der Waals surface area contributed by atoms with Crippen molar-refractivity contribution in [3.63, 3.8) is 0 Å². The van der Waals surface area contributed by atoms with E-state index in [2.05, 4.69) is 34.7 Å². The molecule has 0 N–H and O–H groups in total. The summed E-state index contributed by atoms with van der Waals surface area (Å²) in [4.78, 5) is 15.3.